The number of imidazole rings is 1. The summed E-state index contributed by atoms with van der Waals surface area (Å²) in [4.78, 5) is 24.8. The van der Waals surface area contributed by atoms with Crippen LogP contribution in [0.25, 0.3) is 11.4 Å². The van der Waals surface area contributed by atoms with Crippen LogP contribution in [0.3, 0.4) is 0 Å². The number of rotatable bonds is 3. The monoisotopic (exact) mass is 319 g/mol. The number of halogens is 1. The van der Waals surface area contributed by atoms with Crippen LogP contribution in [0, 0.1) is 0 Å². The molecule has 0 unspecified atom stereocenters. The van der Waals surface area contributed by atoms with Crippen molar-refractivity contribution in [3.8, 4) is 11.4 Å². The molecular weight excluding hydrogens is 302 g/mol. The number of aromatic nitrogens is 4. The first-order valence-corrected chi connectivity index (χ1v) is 7.83. The van der Waals surface area contributed by atoms with E-state index < -0.39 is 0 Å². The van der Waals surface area contributed by atoms with Crippen LogP contribution in [0.15, 0.2) is 18.6 Å². The van der Waals surface area contributed by atoms with E-state index in [1.165, 1.54) is 6.42 Å². The van der Waals surface area contributed by atoms with Crippen molar-refractivity contribution >= 4 is 17.5 Å². The highest BCUT2D eigenvalue weighted by atomic mass is 35.5. The van der Waals surface area contributed by atoms with Crippen molar-refractivity contribution in [3.63, 3.8) is 0 Å². The smallest absolute Gasteiger partial charge is 0.289 e. The van der Waals surface area contributed by atoms with Crippen molar-refractivity contribution in [1.29, 1.82) is 0 Å². The lowest BCUT2D eigenvalue weighted by Gasteiger charge is -2.22. The number of amides is 1. The van der Waals surface area contributed by atoms with Gasteiger partial charge in [0.2, 0.25) is 5.82 Å². The zero-order valence-electron chi connectivity index (χ0n) is 12.4. The van der Waals surface area contributed by atoms with Gasteiger partial charge in [-0.3, -0.25) is 4.79 Å². The molecule has 22 heavy (non-hydrogen) atoms. The molecule has 0 saturated heterocycles. The van der Waals surface area contributed by atoms with Crippen molar-refractivity contribution in [1.82, 2.24) is 24.8 Å². The van der Waals surface area contributed by atoms with Gasteiger partial charge in [0, 0.05) is 19.2 Å². The molecule has 3 rings (SSSR count). The Kier molecular flexibility index (Phi) is 4.38. The average molecular weight is 320 g/mol. The third-order valence-corrected chi connectivity index (χ3v) is 4.11. The van der Waals surface area contributed by atoms with E-state index in [1.807, 2.05) is 11.6 Å². The van der Waals surface area contributed by atoms with Gasteiger partial charge in [0.25, 0.3) is 5.91 Å². The summed E-state index contributed by atoms with van der Waals surface area (Å²) in [5.41, 5.74) is 1.38. The summed E-state index contributed by atoms with van der Waals surface area (Å²) in [5, 5.41) is 3.25. The molecule has 0 bridgehead atoms. The molecule has 1 aliphatic rings. The molecule has 116 valence electrons. The van der Waals surface area contributed by atoms with Crippen molar-refractivity contribution < 1.29 is 4.79 Å². The van der Waals surface area contributed by atoms with Crippen molar-refractivity contribution in [2.75, 3.05) is 0 Å². The van der Waals surface area contributed by atoms with Gasteiger partial charge in [-0.2, -0.15) is 0 Å². The quantitative estimate of drug-likeness (QED) is 0.883. The Bertz CT molecular complexity index is 678. The molecule has 0 aromatic carbocycles. The second-order valence-corrected chi connectivity index (χ2v) is 5.98. The van der Waals surface area contributed by atoms with Crippen LogP contribution in [0.4, 0.5) is 0 Å². The highest BCUT2D eigenvalue weighted by Gasteiger charge is 2.19. The molecule has 1 N–H and O–H groups in total. The van der Waals surface area contributed by atoms with E-state index in [1.54, 1.807) is 18.6 Å². The SMILES string of the molecule is Cn1cncc1-c1cc(Cl)nc(C(=O)NC2CCCCC2)n1. The van der Waals surface area contributed by atoms with Gasteiger partial charge in [-0.1, -0.05) is 30.9 Å². The Morgan fingerprint density at radius 3 is 2.77 bits per heavy atom. The molecule has 0 spiro atoms. The Labute approximate surface area is 133 Å². The van der Waals surface area contributed by atoms with E-state index in [0.717, 1.165) is 31.4 Å². The van der Waals surface area contributed by atoms with E-state index in [9.17, 15) is 4.79 Å². The third-order valence-electron chi connectivity index (χ3n) is 3.92. The number of carbonyl (C=O) groups excluding carboxylic acids is 1. The zero-order valence-corrected chi connectivity index (χ0v) is 13.2. The molecule has 1 fully saturated rings. The van der Waals surface area contributed by atoms with Crippen molar-refractivity contribution in [2.24, 2.45) is 7.05 Å². The first-order chi connectivity index (χ1) is 10.6. The topological polar surface area (TPSA) is 72.7 Å². The number of hydrogen-bond acceptors (Lipinski definition) is 4. The summed E-state index contributed by atoms with van der Waals surface area (Å²) >= 11 is 6.05. The molecule has 2 heterocycles. The Hall–Kier alpha value is -1.95. The largest absolute Gasteiger partial charge is 0.347 e. The van der Waals surface area contributed by atoms with Gasteiger partial charge in [0.15, 0.2) is 0 Å². The molecule has 6 nitrogen and oxygen atoms in total. The Morgan fingerprint density at radius 1 is 1.32 bits per heavy atom. The minimum Gasteiger partial charge on any atom is -0.347 e. The lowest BCUT2D eigenvalue weighted by molar-refractivity contribution is 0.0917. The first-order valence-electron chi connectivity index (χ1n) is 7.45. The second kappa shape index (κ2) is 6.44. The van der Waals surface area contributed by atoms with Gasteiger partial charge >= 0.3 is 0 Å². The van der Waals surface area contributed by atoms with Crippen molar-refractivity contribution in [3.05, 3.63) is 29.6 Å². The molecule has 1 aliphatic carbocycles. The summed E-state index contributed by atoms with van der Waals surface area (Å²) in [6.07, 6.45) is 8.93. The summed E-state index contributed by atoms with van der Waals surface area (Å²) in [7, 11) is 1.86. The molecule has 2 aromatic rings. The average Bonchev–Trinajstić information content (AvgIpc) is 2.94. The second-order valence-electron chi connectivity index (χ2n) is 5.60. The summed E-state index contributed by atoms with van der Waals surface area (Å²) < 4.78 is 1.82. The molecule has 7 heteroatoms. The van der Waals surface area contributed by atoms with Crippen LogP contribution in [0.1, 0.15) is 42.7 Å². The standard InChI is InChI=1S/C15H18ClN5O/c1-21-9-17-8-12(21)11-7-13(16)20-14(19-11)15(22)18-10-5-3-2-4-6-10/h7-10H,2-6H2,1H3,(H,18,22). The Balaban J connectivity index is 1.82. The minimum absolute atomic E-state index is 0.106. The molecule has 0 radical (unpaired) electrons. The predicted octanol–water partition coefficient (Wildman–Crippen LogP) is 2.59. The van der Waals surface area contributed by atoms with E-state index in [2.05, 4.69) is 20.3 Å². The lowest BCUT2D eigenvalue weighted by atomic mass is 9.95. The maximum Gasteiger partial charge on any atom is 0.289 e. The van der Waals surface area contributed by atoms with E-state index in [0.29, 0.717) is 5.69 Å². The van der Waals surface area contributed by atoms with Crippen LogP contribution in [-0.2, 0) is 7.05 Å². The van der Waals surface area contributed by atoms with Crippen LogP contribution in [-0.4, -0.2) is 31.5 Å². The van der Waals surface area contributed by atoms with Crippen molar-refractivity contribution in [2.45, 2.75) is 38.1 Å². The number of nitrogens with zero attached hydrogens (tertiary/aromatic N) is 4. The van der Waals surface area contributed by atoms with E-state index in [-0.39, 0.29) is 22.9 Å². The highest BCUT2D eigenvalue weighted by molar-refractivity contribution is 6.29. The lowest BCUT2D eigenvalue weighted by Crippen LogP contribution is -2.37. The van der Waals surface area contributed by atoms with Gasteiger partial charge in [0.1, 0.15) is 5.15 Å². The van der Waals surface area contributed by atoms with Gasteiger partial charge < -0.3 is 9.88 Å². The number of nitrogens with one attached hydrogen (secondary N) is 1. The Morgan fingerprint density at radius 2 is 2.09 bits per heavy atom. The van der Waals surface area contributed by atoms with Crippen LogP contribution < -0.4 is 5.32 Å². The normalized spacial score (nSPS) is 15.7. The van der Waals surface area contributed by atoms with E-state index in [4.69, 9.17) is 11.6 Å². The highest BCUT2D eigenvalue weighted by Crippen LogP contribution is 2.20. The maximum atomic E-state index is 12.4. The fourth-order valence-corrected chi connectivity index (χ4v) is 2.93. The number of aryl methyl sites for hydroxylation is 1. The molecule has 1 saturated carbocycles. The fraction of sp³-hybridized carbons (Fsp3) is 0.467. The molecular formula is C15H18ClN5O. The van der Waals surface area contributed by atoms with Gasteiger partial charge in [0.05, 0.1) is 23.9 Å². The van der Waals surface area contributed by atoms with Gasteiger partial charge in [-0.05, 0) is 12.8 Å². The maximum absolute atomic E-state index is 12.4. The molecule has 0 aliphatic heterocycles. The summed E-state index contributed by atoms with van der Waals surface area (Å²) in [6, 6.07) is 1.85. The minimum atomic E-state index is -0.266. The summed E-state index contributed by atoms with van der Waals surface area (Å²) in [5.74, 6) is -0.160. The molecule has 1 amide bonds. The number of carbonyl (C=O) groups is 1. The predicted molar refractivity (Wildman–Crippen MR) is 83.6 cm³/mol. The van der Waals surface area contributed by atoms with Crippen LogP contribution in [0.2, 0.25) is 5.15 Å². The van der Waals surface area contributed by atoms with E-state index >= 15 is 0 Å². The fourth-order valence-electron chi connectivity index (χ4n) is 2.75. The van der Waals surface area contributed by atoms with Gasteiger partial charge in [-0.15, -0.1) is 0 Å². The van der Waals surface area contributed by atoms with Gasteiger partial charge in [-0.25, -0.2) is 15.0 Å². The molecule has 2 aromatic heterocycles. The summed E-state index contributed by atoms with van der Waals surface area (Å²) in [6.45, 7) is 0. The number of hydrogen-bond donors (Lipinski definition) is 1. The molecule has 0 atom stereocenters. The van der Waals surface area contributed by atoms with Crippen LogP contribution in [0.5, 0.6) is 0 Å². The van der Waals surface area contributed by atoms with Crippen LogP contribution >= 0.6 is 11.6 Å². The first kappa shape index (κ1) is 15.0. The third kappa shape index (κ3) is 3.27. The zero-order chi connectivity index (χ0) is 15.5.